The molecule has 1 aromatic rings. The number of carbonyl (C=O) groups excluding carboxylic acids is 1. The Labute approximate surface area is 67.3 Å². The number of carbonyl (C=O) groups is 2. The van der Waals surface area contributed by atoms with Crippen molar-refractivity contribution in [2.45, 2.75) is 6.42 Å². The quantitative estimate of drug-likeness (QED) is 0.687. The summed E-state index contributed by atoms with van der Waals surface area (Å²) in [5, 5.41) is 10.0. The summed E-state index contributed by atoms with van der Waals surface area (Å²) in [6.45, 7) is 0. The molecule has 0 aliphatic rings. The largest absolute Gasteiger partial charge is 0.475 e. The molecule has 0 bridgehead atoms. The summed E-state index contributed by atoms with van der Waals surface area (Å²) in [7, 11) is 0. The van der Waals surface area contributed by atoms with Crippen LogP contribution in [-0.2, 0) is 16.0 Å². The average molecular weight is 170 g/mol. The molecule has 0 saturated heterocycles. The van der Waals surface area contributed by atoms with Crippen molar-refractivity contribution in [3.63, 3.8) is 0 Å². The molecule has 1 N–H and O–H groups in total. The van der Waals surface area contributed by atoms with Crippen LogP contribution < -0.4 is 0 Å². The number of rotatable bonds is 3. The fourth-order valence-electron chi connectivity index (χ4n) is 0.647. The minimum absolute atomic E-state index is 0.00694. The minimum Gasteiger partial charge on any atom is -0.475 e. The molecule has 0 saturated carbocycles. The van der Waals surface area contributed by atoms with E-state index in [0.717, 1.165) is 4.88 Å². The number of Topliss-reactive ketones (excluding diaryl/α,β-unsaturated/α-hetero) is 1. The summed E-state index contributed by atoms with van der Waals surface area (Å²) < 4.78 is 0. The number of carboxylic acid groups (broad SMARTS) is 1. The van der Waals surface area contributed by atoms with Gasteiger partial charge in [-0.25, -0.2) is 4.79 Å². The van der Waals surface area contributed by atoms with Crippen LogP contribution in [0, 0.1) is 0 Å². The Balaban J connectivity index is 2.57. The van der Waals surface area contributed by atoms with E-state index in [0.29, 0.717) is 0 Å². The minimum atomic E-state index is -1.36. The lowest BCUT2D eigenvalue weighted by atomic mass is 10.2. The van der Waals surface area contributed by atoms with E-state index in [1.54, 1.807) is 12.1 Å². The van der Waals surface area contributed by atoms with E-state index < -0.39 is 11.8 Å². The van der Waals surface area contributed by atoms with Gasteiger partial charge in [0.1, 0.15) is 0 Å². The van der Waals surface area contributed by atoms with Gasteiger partial charge in [0.15, 0.2) is 0 Å². The Morgan fingerprint density at radius 1 is 1.55 bits per heavy atom. The van der Waals surface area contributed by atoms with Crippen molar-refractivity contribution in [2.75, 3.05) is 0 Å². The van der Waals surface area contributed by atoms with Crippen molar-refractivity contribution >= 4 is 23.1 Å². The molecule has 0 radical (unpaired) electrons. The Bertz CT molecular complexity index is 263. The fourth-order valence-corrected chi connectivity index (χ4v) is 1.35. The Kier molecular flexibility index (Phi) is 2.38. The van der Waals surface area contributed by atoms with Crippen molar-refractivity contribution in [2.24, 2.45) is 0 Å². The zero-order valence-electron chi connectivity index (χ0n) is 5.61. The first-order chi connectivity index (χ1) is 5.20. The zero-order valence-corrected chi connectivity index (χ0v) is 6.43. The van der Waals surface area contributed by atoms with Gasteiger partial charge in [-0.2, -0.15) is 0 Å². The van der Waals surface area contributed by atoms with Gasteiger partial charge in [0.25, 0.3) is 0 Å². The second-order valence-corrected chi connectivity index (χ2v) is 3.02. The third-order valence-electron chi connectivity index (χ3n) is 1.15. The van der Waals surface area contributed by atoms with E-state index >= 15 is 0 Å². The molecule has 0 fully saturated rings. The van der Waals surface area contributed by atoms with Crippen molar-refractivity contribution in [1.29, 1.82) is 0 Å². The first-order valence-electron chi connectivity index (χ1n) is 2.98. The predicted molar refractivity (Wildman–Crippen MR) is 40.7 cm³/mol. The monoisotopic (exact) mass is 170 g/mol. The molecule has 3 nitrogen and oxygen atoms in total. The van der Waals surface area contributed by atoms with E-state index in [1.807, 2.05) is 5.38 Å². The number of thiophene rings is 1. The van der Waals surface area contributed by atoms with Crippen LogP contribution in [0.1, 0.15) is 4.88 Å². The van der Waals surface area contributed by atoms with E-state index in [1.165, 1.54) is 11.3 Å². The summed E-state index contributed by atoms with van der Waals surface area (Å²) >= 11 is 1.38. The third-order valence-corrected chi connectivity index (χ3v) is 2.03. The molecule has 58 valence electrons. The maximum absolute atomic E-state index is 10.6. The van der Waals surface area contributed by atoms with Gasteiger partial charge in [-0.1, -0.05) is 6.07 Å². The van der Waals surface area contributed by atoms with E-state index in [2.05, 4.69) is 0 Å². The molecule has 0 atom stereocenters. The molecule has 11 heavy (non-hydrogen) atoms. The summed E-state index contributed by atoms with van der Waals surface area (Å²) in [6.07, 6.45) is 0.00694. The molecule has 0 unspecified atom stereocenters. The maximum atomic E-state index is 10.6. The van der Waals surface area contributed by atoms with Crippen molar-refractivity contribution in [3.05, 3.63) is 22.4 Å². The molecule has 1 aromatic heterocycles. The van der Waals surface area contributed by atoms with Crippen LogP contribution in [0.4, 0.5) is 0 Å². The smallest absolute Gasteiger partial charge is 0.372 e. The molecule has 1 heterocycles. The molecular weight excluding hydrogens is 164 g/mol. The van der Waals surface area contributed by atoms with Gasteiger partial charge in [0, 0.05) is 4.88 Å². The van der Waals surface area contributed by atoms with E-state index in [9.17, 15) is 9.59 Å². The number of carboxylic acids is 1. The van der Waals surface area contributed by atoms with Gasteiger partial charge in [0.05, 0.1) is 6.42 Å². The van der Waals surface area contributed by atoms with Gasteiger partial charge in [-0.15, -0.1) is 11.3 Å². The summed E-state index contributed by atoms with van der Waals surface area (Å²) in [4.78, 5) is 21.5. The lowest BCUT2D eigenvalue weighted by Crippen LogP contribution is -2.14. The summed E-state index contributed by atoms with van der Waals surface area (Å²) in [5.41, 5.74) is 0. The lowest BCUT2D eigenvalue weighted by molar-refractivity contribution is -0.148. The average Bonchev–Trinajstić information content (AvgIpc) is 2.39. The number of aliphatic carboxylic acids is 1. The van der Waals surface area contributed by atoms with Crippen LogP contribution in [0.3, 0.4) is 0 Å². The van der Waals surface area contributed by atoms with Gasteiger partial charge < -0.3 is 5.11 Å². The highest BCUT2D eigenvalue weighted by Gasteiger charge is 2.11. The van der Waals surface area contributed by atoms with Crippen molar-refractivity contribution in [1.82, 2.24) is 0 Å². The fraction of sp³-hybridized carbons (Fsp3) is 0.143. The number of hydrogen-bond donors (Lipinski definition) is 1. The molecule has 0 spiro atoms. The standard InChI is InChI=1S/C7H6O3S/c8-6(7(9)10)4-5-2-1-3-11-5/h1-3H,4H2,(H,9,10). The first-order valence-corrected chi connectivity index (χ1v) is 3.86. The summed E-state index contributed by atoms with van der Waals surface area (Å²) in [5.74, 6) is -2.12. The van der Waals surface area contributed by atoms with Gasteiger partial charge in [-0.05, 0) is 11.4 Å². The van der Waals surface area contributed by atoms with Crippen LogP contribution in [-0.4, -0.2) is 16.9 Å². The topological polar surface area (TPSA) is 54.4 Å². The van der Waals surface area contributed by atoms with Crippen molar-refractivity contribution < 1.29 is 14.7 Å². The highest BCUT2D eigenvalue weighted by atomic mass is 32.1. The molecule has 1 rings (SSSR count). The zero-order chi connectivity index (χ0) is 8.27. The lowest BCUT2D eigenvalue weighted by Gasteiger charge is -1.89. The molecule has 0 aromatic carbocycles. The molecule has 0 aliphatic carbocycles. The predicted octanol–water partition coefficient (Wildman–Crippen LogP) is 0.944. The number of ketones is 1. The van der Waals surface area contributed by atoms with Crippen LogP contribution in [0.2, 0.25) is 0 Å². The summed E-state index contributed by atoms with van der Waals surface area (Å²) in [6, 6.07) is 3.53. The van der Waals surface area contributed by atoms with Crippen LogP contribution >= 0.6 is 11.3 Å². The Hall–Kier alpha value is -1.16. The number of hydrogen-bond acceptors (Lipinski definition) is 3. The first kappa shape index (κ1) is 7.94. The molecule has 4 heteroatoms. The second kappa shape index (κ2) is 3.30. The molecular formula is C7H6O3S. The van der Waals surface area contributed by atoms with Crippen molar-refractivity contribution in [3.8, 4) is 0 Å². The van der Waals surface area contributed by atoms with Crippen LogP contribution in [0.15, 0.2) is 17.5 Å². The maximum Gasteiger partial charge on any atom is 0.372 e. The Morgan fingerprint density at radius 2 is 2.27 bits per heavy atom. The van der Waals surface area contributed by atoms with Crippen LogP contribution in [0.25, 0.3) is 0 Å². The molecule has 0 amide bonds. The molecule has 0 aliphatic heterocycles. The van der Waals surface area contributed by atoms with Gasteiger partial charge >= 0.3 is 5.97 Å². The van der Waals surface area contributed by atoms with E-state index in [-0.39, 0.29) is 6.42 Å². The van der Waals surface area contributed by atoms with Gasteiger partial charge in [0.2, 0.25) is 5.78 Å². The highest BCUT2D eigenvalue weighted by Crippen LogP contribution is 2.08. The highest BCUT2D eigenvalue weighted by molar-refractivity contribution is 7.10. The van der Waals surface area contributed by atoms with Crippen LogP contribution in [0.5, 0.6) is 0 Å². The SMILES string of the molecule is O=C(O)C(=O)Cc1cccs1. The second-order valence-electron chi connectivity index (χ2n) is 1.98. The normalized spacial score (nSPS) is 9.45. The van der Waals surface area contributed by atoms with E-state index in [4.69, 9.17) is 5.11 Å². The Morgan fingerprint density at radius 3 is 2.73 bits per heavy atom. The van der Waals surface area contributed by atoms with Gasteiger partial charge in [-0.3, -0.25) is 4.79 Å². The third kappa shape index (κ3) is 2.16.